The van der Waals surface area contributed by atoms with Crippen molar-refractivity contribution in [2.24, 2.45) is 0 Å². The number of hydrogen-bond donors (Lipinski definition) is 1. The van der Waals surface area contributed by atoms with Crippen LogP contribution in [0.5, 0.6) is 0 Å². The van der Waals surface area contributed by atoms with E-state index in [9.17, 15) is 13.2 Å². The average Bonchev–Trinajstić information content (AvgIpc) is 2.85. The number of sulfonamides is 1. The lowest BCUT2D eigenvalue weighted by Crippen LogP contribution is -2.27. The molecule has 1 aromatic rings. The number of thiophene rings is 1. The van der Waals surface area contributed by atoms with Crippen LogP contribution < -0.4 is 0 Å². The van der Waals surface area contributed by atoms with E-state index in [1.807, 2.05) is 0 Å². The van der Waals surface area contributed by atoms with Gasteiger partial charge in [-0.1, -0.05) is 0 Å². The molecule has 1 saturated heterocycles. The number of carboxylic acid groups (broad SMARTS) is 1. The first-order valence-corrected chi connectivity index (χ1v) is 8.00. The fourth-order valence-corrected chi connectivity index (χ4v) is 5.57. The topological polar surface area (TPSA) is 74.7 Å². The van der Waals surface area contributed by atoms with Crippen molar-refractivity contribution in [3.8, 4) is 0 Å². The summed E-state index contributed by atoms with van der Waals surface area (Å²) in [5.41, 5.74) is 0. The van der Waals surface area contributed by atoms with Gasteiger partial charge in [0.05, 0.1) is 3.79 Å². The quantitative estimate of drug-likeness (QED) is 0.913. The molecule has 1 aliphatic rings. The molecule has 2 rings (SSSR count). The molecule has 0 unspecified atom stereocenters. The monoisotopic (exact) mass is 339 g/mol. The van der Waals surface area contributed by atoms with E-state index in [0.29, 0.717) is 16.9 Å². The largest absolute Gasteiger partial charge is 0.477 e. The van der Waals surface area contributed by atoms with Gasteiger partial charge in [-0.3, -0.25) is 0 Å². The van der Waals surface area contributed by atoms with Gasteiger partial charge in [0.15, 0.2) is 0 Å². The SMILES string of the molecule is O=C(O)c1cc(S(=O)(=O)N2CCCC2)c(Br)s1. The Labute approximate surface area is 111 Å². The molecule has 1 fully saturated rings. The molecule has 8 heteroatoms. The van der Waals surface area contributed by atoms with Crippen LogP contribution in [-0.4, -0.2) is 36.9 Å². The van der Waals surface area contributed by atoms with Crippen LogP contribution in [0.2, 0.25) is 0 Å². The summed E-state index contributed by atoms with van der Waals surface area (Å²) in [4.78, 5) is 10.9. The summed E-state index contributed by atoms with van der Waals surface area (Å²) < 4.78 is 26.1. The Morgan fingerprint density at radius 2 is 2.00 bits per heavy atom. The molecule has 0 amide bonds. The van der Waals surface area contributed by atoms with Crippen LogP contribution in [0, 0.1) is 0 Å². The van der Waals surface area contributed by atoms with E-state index < -0.39 is 16.0 Å². The lowest BCUT2D eigenvalue weighted by atomic mass is 10.4. The molecule has 0 aromatic carbocycles. The highest BCUT2D eigenvalue weighted by atomic mass is 79.9. The van der Waals surface area contributed by atoms with Crippen molar-refractivity contribution in [1.29, 1.82) is 0 Å². The summed E-state index contributed by atoms with van der Waals surface area (Å²) in [7, 11) is -3.55. The molecule has 0 atom stereocenters. The third-order valence-corrected chi connectivity index (χ3v) is 6.69. The Kier molecular flexibility index (Phi) is 3.58. The summed E-state index contributed by atoms with van der Waals surface area (Å²) in [6.07, 6.45) is 1.71. The summed E-state index contributed by atoms with van der Waals surface area (Å²) in [5.74, 6) is -1.11. The van der Waals surface area contributed by atoms with Crippen LogP contribution in [0.4, 0.5) is 0 Å². The Balaban J connectivity index is 2.42. The Hall–Kier alpha value is -0.440. The highest BCUT2D eigenvalue weighted by Crippen LogP contribution is 2.34. The zero-order valence-corrected chi connectivity index (χ0v) is 11.9. The van der Waals surface area contributed by atoms with Crippen LogP contribution in [0.1, 0.15) is 22.5 Å². The molecule has 1 aromatic heterocycles. The Morgan fingerprint density at radius 3 is 2.47 bits per heavy atom. The minimum atomic E-state index is -3.55. The third-order valence-electron chi connectivity index (χ3n) is 2.55. The van der Waals surface area contributed by atoms with Crippen molar-refractivity contribution in [2.75, 3.05) is 13.1 Å². The number of hydrogen-bond acceptors (Lipinski definition) is 4. The second-order valence-corrected chi connectivity index (χ2v) is 7.94. The van der Waals surface area contributed by atoms with Gasteiger partial charge in [-0.2, -0.15) is 4.31 Å². The van der Waals surface area contributed by atoms with Crippen LogP contribution in [-0.2, 0) is 10.0 Å². The molecule has 1 N–H and O–H groups in total. The van der Waals surface area contributed by atoms with Crippen molar-refractivity contribution in [1.82, 2.24) is 4.31 Å². The molecule has 0 saturated carbocycles. The Morgan fingerprint density at radius 1 is 1.41 bits per heavy atom. The first kappa shape index (κ1) is 13.0. The summed E-state index contributed by atoms with van der Waals surface area (Å²) in [5, 5.41) is 8.83. The van der Waals surface area contributed by atoms with E-state index in [1.54, 1.807) is 0 Å². The van der Waals surface area contributed by atoms with Crippen LogP contribution in [0.3, 0.4) is 0 Å². The van der Waals surface area contributed by atoms with Crippen molar-refractivity contribution in [3.05, 3.63) is 14.7 Å². The van der Waals surface area contributed by atoms with Gasteiger partial charge in [-0.15, -0.1) is 11.3 Å². The molecule has 0 radical (unpaired) electrons. The first-order valence-electron chi connectivity index (χ1n) is 4.95. The number of carbonyl (C=O) groups is 1. The predicted molar refractivity (Wildman–Crippen MR) is 67.0 cm³/mol. The van der Waals surface area contributed by atoms with Crippen molar-refractivity contribution >= 4 is 43.3 Å². The molecule has 2 heterocycles. The van der Waals surface area contributed by atoms with Crippen molar-refractivity contribution in [2.45, 2.75) is 17.7 Å². The number of nitrogens with zero attached hydrogens (tertiary/aromatic N) is 1. The molecular formula is C9H10BrNO4S2. The summed E-state index contributed by atoms with van der Waals surface area (Å²) in [6, 6.07) is 1.21. The second-order valence-electron chi connectivity index (χ2n) is 3.66. The molecule has 1 aliphatic heterocycles. The fraction of sp³-hybridized carbons (Fsp3) is 0.444. The first-order chi connectivity index (χ1) is 7.93. The summed E-state index contributed by atoms with van der Waals surface area (Å²) >= 11 is 4.04. The van der Waals surface area contributed by atoms with E-state index in [4.69, 9.17) is 5.11 Å². The van der Waals surface area contributed by atoms with E-state index in [-0.39, 0.29) is 9.77 Å². The maximum absolute atomic E-state index is 12.2. The molecule has 17 heavy (non-hydrogen) atoms. The van der Waals surface area contributed by atoms with E-state index in [1.165, 1.54) is 10.4 Å². The lowest BCUT2D eigenvalue weighted by Gasteiger charge is -2.14. The van der Waals surface area contributed by atoms with Gasteiger partial charge in [-0.25, -0.2) is 13.2 Å². The third kappa shape index (κ3) is 2.40. The van der Waals surface area contributed by atoms with Gasteiger partial charge in [-0.05, 0) is 34.8 Å². The maximum Gasteiger partial charge on any atom is 0.345 e. The number of carboxylic acids is 1. The molecule has 0 aliphatic carbocycles. The average molecular weight is 340 g/mol. The van der Waals surface area contributed by atoms with Crippen LogP contribution in [0.25, 0.3) is 0 Å². The van der Waals surface area contributed by atoms with Crippen molar-refractivity contribution in [3.63, 3.8) is 0 Å². The number of rotatable bonds is 3. The standard InChI is InChI=1S/C9H10BrNO4S2/c10-8-7(5-6(16-8)9(12)13)17(14,15)11-3-1-2-4-11/h5H,1-4H2,(H,12,13). The molecular weight excluding hydrogens is 330 g/mol. The van der Waals surface area contributed by atoms with E-state index >= 15 is 0 Å². The maximum atomic E-state index is 12.2. The van der Waals surface area contributed by atoms with Gasteiger partial charge < -0.3 is 5.11 Å². The number of halogens is 1. The van der Waals surface area contributed by atoms with Gasteiger partial charge in [0.25, 0.3) is 0 Å². The minimum Gasteiger partial charge on any atom is -0.477 e. The van der Waals surface area contributed by atoms with Gasteiger partial charge in [0.1, 0.15) is 9.77 Å². The predicted octanol–water partition coefficient (Wildman–Crippen LogP) is 1.99. The van der Waals surface area contributed by atoms with Gasteiger partial charge in [0.2, 0.25) is 10.0 Å². The van der Waals surface area contributed by atoms with E-state index in [2.05, 4.69) is 15.9 Å². The van der Waals surface area contributed by atoms with E-state index in [0.717, 1.165) is 24.2 Å². The Bertz CT molecular complexity index is 545. The highest BCUT2D eigenvalue weighted by Gasteiger charge is 2.31. The molecule has 5 nitrogen and oxygen atoms in total. The minimum absolute atomic E-state index is 0.0228. The summed E-state index contributed by atoms with van der Waals surface area (Å²) in [6.45, 7) is 1.01. The normalized spacial score (nSPS) is 17.5. The molecule has 0 bridgehead atoms. The number of aromatic carboxylic acids is 1. The zero-order chi connectivity index (χ0) is 12.6. The van der Waals surface area contributed by atoms with Gasteiger partial charge >= 0.3 is 5.97 Å². The highest BCUT2D eigenvalue weighted by molar-refractivity contribution is 9.11. The smallest absolute Gasteiger partial charge is 0.345 e. The molecule has 0 spiro atoms. The lowest BCUT2D eigenvalue weighted by molar-refractivity contribution is 0.0702. The molecule has 94 valence electrons. The zero-order valence-electron chi connectivity index (χ0n) is 8.72. The fourth-order valence-electron chi connectivity index (χ4n) is 1.70. The van der Waals surface area contributed by atoms with Gasteiger partial charge in [0, 0.05) is 13.1 Å². The van der Waals surface area contributed by atoms with Crippen LogP contribution >= 0.6 is 27.3 Å². The van der Waals surface area contributed by atoms with Crippen molar-refractivity contribution < 1.29 is 18.3 Å². The second kappa shape index (κ2) is 4.68. The van der Waals surface area contributed by atoms with Crippen LogP contribution in [0.15, 0.2) is 14.7 Å².